The van der Waals surface area contributed by atoms with Crippen LogP contribution in [0.25, 0.3) is 6.08 Å². The zero-order valence-electron chi connectivity index (χ0n) is 15.6. The highest BCUT2D eigenvalue weighted by Crippen LogP contribution is 2.31. The van der Waals surface area contributed by atoms with Crippen LogP contribution in [0.4, 0.5) is 0 Å². The first-order chi connectivity index (χ1) is 13.4. The summed E-state index contributed by atoms with van der Waals surface area (Å²) in [5.74, 6) is 1.36. The lowest BCUT2D eigenvalue weighted by atomic mass is 10.1. The summed E-state index contributed by atoms with van der Waals surface area (Å²) in [6.07, 6.45) is 2.47. The van der Waals surface area contributed by atoms with Crippen molar-refractivity contribution in [1.82, 2.24) is 5.32 Å². The SMILES string of the molecule is Cc1ccc(C)c(OCCCOc2ccc(Cl)cc2/C=C2\SC(=S)NC2=O)c1. The Labute approximate surface area is 179 Å². The van der Waals surface area contributed by atoms with E-state index in [-0.39, 0.29) is 5.91 Å². The van der Waals surface area contributed by atoms with E-state index in [0.717, 1.165) is 23.3 Å². The van der Waals surface area contributed by atoms with Gasteiger partial charge in [-0.15, -0.1) is 0 Å². The molecule has 1 aliphatic rings. The number of ether oxygens (including phenoxy) is 2. The molecule has 0 saturated carbocycles. The second kappa shape index (κ2) is 9.45. The van der Waals surface area contributed by atoms with Crippen LogP contribution in [0, 0.1) is 13.8 Å². The zero-order valence-corrected chi connectivity index (χ0v) is 18.0. The number of thioether (sulfide) groups is 1. The summed E-state index contributed by atoms with van der Waals surface area (Å²) >= 11 is 12.4. The molecule has 2 aromatic carbocycles. The summed E-state index contributed by atoms with van der Waals surface area (Å²) in [6.45, 7) is 5.12. The van der Waals surface area contributed by atoms with Crippen LogP contribution < -0.4 is 14.8 Å². The first-order valence-corrected chi connectivity index (χ1v) is 10.4. The molecule has 1 aliphatic heterocycles. The van der Waals surface area contributed by atoms with Crippen molar-refractivity contribution in [2.45, 2.75) is 20.3 Å². The predicted molar refractivity (Wildman–Crippen MR) is 119 cm³/mol. The van der Waals surface area contributed by atoms with Gasteiger partial charge in [0.2, 0.25) is 0 Å². The van der Waals surface area contributed by atoms with Crippen LogP contribution in [-0.4, -0.2) is 23.4 Å². The van der Waals surface area contributed by atoms with E-state index in [0.29, 0.717) is 33.2 Å². The number of aryl methyl sites for hydroxylation is 2. The zero-order chi connectivity index (χ0) is 20.1. The van der Waals surface area contributed by atoms with Gasteiger partial charge in [-0.2, -0.15) is 0 Å². The first kappa shape index (κ1) is 20.7. The maximum absolute atomic E-state index is 11.9. The van der Waals surface area contributed by atoms with Crippen molar-refractivity contribution in [2.75, 3.05) is 13.2 Å². The van der Waals surface area contributed by atoms with Crippen molar-refractivity contribution >= 4 is 51.9 Å². The molecule has 0 aromatic heterocycles. The Morgan fingerprint density at radius 1 is 1.11 bits per heavy atom. The van der Waals surface area contributed by atoms with E-state index in [1.54, 1.807) is 24.3 Å². The Hall–Kier alpha value is -2.02. The Morgan fingerprint density at radius 2 is 1.86 bits per heavy atom. The molecule has 3 rings (SSSR count). The average molecular weight is 434 g/mol. The molecule has 0 atom stereocenters. The molecule has 0 spiro atoms. The van der Waals surface area contributed by atoms with E-state index in [2.05, 4.69) is 17.4 Å². The fraction of sp³-hybridized carbons (Fsp3) is 0.238. The van der Waals surface area contributed by atoms with Crippen molar-refractivity contribution in [3.8, 4) is 11.5 Å². The Bertz CT molecular complexity index is 943. The van der Waals surface area contributed by atoms with Gasteiger partial charge in [-0.3, -0.25) is 4.79 Å². The predicted octanol–water partition coefficient (Wildman–Crippen LogP) is 5.29. The van der Waals surface area contributed by atoms with Crippen LogP contribution in [0.15, 0.2) is 41.3 Å². The topological polar surface area (TPSA) is 47.6 Å². The molecule has 146 valence electrons. The number of thiocarbonyl (C=S) groups is 1. The maximum atomic E-state index is 11.9. The van der Waals surface area contributed by atoms with Crippen LogP contribution in [-0.2, 0) is 4.79 Å². The molecule has 0 bridgehead atoms. The summed E-state index contributed by atoms with van der Waals surface area (Å²) in [5.41, 5.74) is 3.03. The molecule has 2 aromatic rings. The monoisotopic (exact) mass is 433 g/mol. The molecule has 0 aliphatic carbocycles. The summed E-state index contributed by atoms with van der Waals surface area (Å²) in [5, 5.41) is 3.17. The third kappa shape index (κ3) is 5.50. The molecule has 28 heavy (non-hydrogen) atoms. The van der Waals surface area contributed by atoms with Crippen molar-refractivity contribution in [3.05, 3.63) is 63.0 Å². The second-order valence-corrected chi connectivity index (χ2v) is 8.51. The molecule has 1 saturated heterocycles. The van der Waals surface area contributed by atoms with Gasteiger partial charge < -0.3 is 14.8 Å². The lowest BCUT2D eigenvalue weighted by Crippen LogP contribution is -2.17. The molecule has 1 amide bonds. The van der Waals surface area contributed by atoms with E-state index in [9.17, 15) is 4.79 Å². The first-order valence-electron chi connectivity index (χ1n) is 8.79. The van der Waals surface area contributed by atoms with Crippen LogP contribution in [0.1, 0.15) is 23.1 Å². The molecule has 7 heteroatoms. The van der Waals surface area contributed by atoms with Crippen molar-refractivity contribution in [2.24, 2.45) is 0 Å². The molecule has 1 heterocycles. The summed E-state index contributed by atoms with van der Waals surface area (Å²) in [4.78, 5) is 12.4. The standard InChI is InChI=1S/C21H20ClNO3S2/c1-13-4-5-14(2)18(10-13)26-9-3-8-25-17-7-6-16(22)11-15(17)12-19-20(24)23-21(27)28-19/h4-7,10-12H,3,8-9H2,1-2H3,(H,23,24,27)/b19-12-. The largest absolute Gasteiger partial charge is 0.493 e. The lowest BCUT2D eigenvalue weighted by molar-refractivity contribution is -0.115. The van der Waals surface area contributed by atoms with Gasteiger partial charge in [-0.1, -0.05) is 47.7 Å². The Morgan fingerprint density at radius 3 is 2.57 bits per heavy atom. The van der Waals surface area contributed by atoms with Crippen LogP contribution >= 0.6 is 35.6 Å². The van der Waals surface area contributed by atoms with Crippen LogP contribution in [0.3, 0.4) is 0 Å². The number of carbonyl (C=O) groups excluding carboxylic acids is 1. The quantitative estimate of drug-likeness (QED) is 0.365. The number of benzene rings is 2. The van der Waals surface area contributed by atoms with E-state index in [1.165, 1.54) is 17.3 Å². The lowest BCUT2D eigenvalue weighted by Gasteiger charge is -2.12. The van der Waals surface area contributed by atoms with Gasteiger partial charge in [-0.25, -0.2) is 0 Å². The van der Waals surface area contributed by atoms with Gasteiger partial charge in [-0.05, 0) is 55.3 Å². The summed E-state index contributed by atoms with van der Waals surface area (Å²) in [7, 11) is 0. The van der Waals surface area contributed by atoms with E-state index in [4.69, 9.17) is 33.3 Å². The number of halogens is 1. The van der Waals surface area contributed by atoms with Gasteiger partial charge in [0, 0.05) is 17.0 Å². The van der Waals surface area contributed by atoms with Gasteiger partial charge in [0.1, 0.15) is 15.8 Å². The number of nitrogens with one attached hydrogen (secondary N) is 1. The molecular weight excluding hydrogens is 414 g/mol. The fourth-order valence-corrected chi connectivity index (χ4v) is 3.83. The third-order valence-corrected chi connectivity index (χ3v) is 5.45. The second-order valence-electron chi connectivity index (χ2n) is 6.35. The number of hydrogen-bond acceptors (Lipinski definition) is 5. The molecule has 1 fully saturated rings. The van der Waals surface area contributed by atoms with Gasteiger partial charge in [0.05, 0.1) is 18.1 Å². The normalized spacial score (nSPS) is 15.0. The smallest absolute Gasteiger partial charge is 0.263 e. The molecule has 0 unspecified atom stereocenters. The minimum atomic E-state index is -0.206. The molecule has 1 N–H and O–H groups in total. The maximum Gasteiger partial charge on any atom is 0.263 e. The van der Waals surface area contributed by atoms with Gasteiger partial charge in [0.15, 0.2) is 0 Å². The minimum Gasteiger partial charge on any atom is -0.493 e. The summed E-state index contributed by atoms with van der Waals surface area (Å²) in [6, 6.07) is 11.5. The highest BCUT2D eigenvalue weighted by Gasteiger charge is 2.22. The minimum absolute atomic E-state index is 0.206. The number of carbonyl (C=O) groups is 1. The molecule has 4 nitrogen and oxygen atoms in total. The average Bonchev–Trinajstić information content (AvgIpc) is 2.96. The summed E-state index contributed by atoms with van der Waals surface area (Å²) < 4.78 is 12.2. The third-order valence-electron chi connectivity index (χ3n) is 4.05. The fourth-order valence-electron chi connectivity index (χ4n) is 2.61. The Balaban J connectivity index is 1.59. The van der Waals surface area contributed by atoms with Crippen molar-refractivity contribution < 1.29 is 14.3 Å². The van der Waals surface area contributed by atoms with Crippen molar-refractivity contribution in [3.63, 3.8) is 0 Å². The van der Waals surface area contributed by atoms with Gasteiger partial charge in [0.25, 0.3) is 5.91 Å². The van der Waals surface area contributed by atoms with E-state index in [1.807, 2.05) is 19.9 Å². The number of rotatable bonds is 7. The van der Waals surface area contributed by atoms with E-state index >= 15 is 0 Å². The van der Waals surface area contributed by atoms with Crippen LogP contribution in [0.5, 0.6) is 11.5 Å². The van der Waals surface area contributed by atoms with Crippen LogP contribution in [0.2, 0.25) is 5.02 Å². The Kier molecular flexibility index (Phi) is 6.99. The van der Waals surface area contributed by atoms with Gasteiger partial charge >= 0.3 is 0 Å². The molecule has 0 radical (unpaired) electrons. The molecular formula is C21H20ClNO3S2. The number of amides is 1. The highest BCUT2D eigenvalue weighted by atomic mass is 35.5. The van der Waals surface area contributed by atoms with Crippen molar-refractivity contribution in [1.29, 1.82) is 0 Å². The highest BCUT2D eigenvalue weighted by molar-refractivity contribution is 8.26. The van der Waals surface area contributed by atoms with E-state index < -0.39 is 0 Å². The number of hydrogen-bond donors (Lipinski definition) is 1.